The number of aromatic nitrogens is 1. The summed E-state index contributed by atoms with van der Waals surface area (Å²) in [6, 6.07) is 10.8. The lowest BCUT2D eigenvalue weighted by Crippen LogP contribution is -2.47. The molecular formula is C21H25FN4O3. The fourth-order valence-electron chi connectivity index (χ4n) is 2.58. The van der Waals surface area contributed by atoms with E-state index >= 15 is 0 Å². The highest BCUT2D eigenvalue weighted by molar-refractivity contribution is 6.01. The minimum atomic E-state index is -0.623. The number of hydrogen-bond acceptors (Lipinski definition) is 4. The molecule has 0 bridgehead atoms. The van der Waals surface area contributed by atoms with Crippen molar-refractivity contribution in [2.24, 2.45) is 0 Å². The summed E-state index contributed by atoms with van der Waals surface area (Å²) < 4.78 is 14.3. The highest BCUT2D eigenvalue weighted by Gasteiger charge is 2.24. The van der Waals surface area contributed by atoms with Gasteiger partial charge in [0, 0.05) is 24.6 Å². The first-order chi connectivity index (χ1) is 13.7. The molecule has 0 aliphatic rings. The number of anilines is 2. The smallest absolute Gasteiger partial charge is 0.240 e. The highest BCUT2D eigenvalue weighted by atomic mass is 19.1. The van der Waals surface area contributed by atoms with Crippen LogP contribution in [0.5, 0.6) is 0 Å². The highest BCUT2D eigenvalue weighted by Crippen LogP contribution is 2.20. The molecule has 0 aliphatic carbocycles. The monoisotopic (exact) mass is 400 g/mol. The molecule has 2 rings (SSSR count). The second-order valence-electron chi connectivity index (χ2n) is 7.49. The zero-order valence-corrected chi connectivity index (χ0v) is 16.7. The van der Waals surface area contributed by atoms with Gasteiger partial charge in [0.15, 0.2) is 0 Å². The number of rotatable bonds is 7. The first kappa shape index (κ1) is 22.0. The van der Waals surface area contributed by atoms with E-state index in [1.54, 1.807) is 24.3 Å². The number of nitrogens with one attached hydrogen (secondary N) is 2. The summed E-state index contributed by atoms with van der Waals surface area (Å²) in [7, 11) is 0. The molecule has 2 aromatic rings. The Kier molecular flexibility index (Phi) is 7.41. The largest absolute Gasteiger partial charge is 0.350 e. The number of amides is 3. The van der Waals surface area contributed by atoms with Gasteiger partial charge < -0.3 is 15.5 Å². The predicted molar refractivity (Wildman–Crippen MR) is 109 cm³/mol. The summed E-state index contributed by atoms with van der Waals surface area (Å²) in [6.07, 6.45) is 1.23. The summed E-state index contributed by atoms with van der Waals surface area (Å²) in [5, 5.41) is 5.33. The zero-order chi connectivity index (χ0) is 21.4. The summed E-state index contributed by atoms with van der Waals surface area (Å²) in [4.78, 5) is 42.2. The van der Waals surface area contributed by atoms with Crippen LogP contribution in [-0.2, 0) is 14.4 Å². The Morgan fingerprint density at radius 2 is 1.69 bits per heavy atom. The number of pyridine rings is 1. The van der Waals surface area contributed by atoms with Crippen LogP contribution >= 0.6 is 0 Å². The molecular weight excluding hydrogens is 375 g/mol. The van der Waals surface area contributed by atoms with Crippen LogP contribution in [0.15, 0.2) is 48.7 Å². The Hall–Kier alpha value is -3.29. The van der Waals surface area contributed by atoms with Crippen molar-refractivity contribution in [3.63, 3.8) is 0 Å². The summed E-state index contributed by atoms with van der Waals surface area (Å²) in [6.45, 7) is 5.07. The molecule has 0 fully saturated rings. The molecule has 0 atom stereocenters. The van der Waals surface area contributed by atoms with E-state index in [0.717, 1.165) is 4.90 Å². The Bertz CT molecular complexity index is 866. The minimum Gasteiger partial charge on any atom is -0.350 e. The van der Waals surface area contributed by atoms with E-state index in [0.29, 0.717) is 5.82 Å². The molecule has 0 saturated carbocycles. The lowest BCUT2D eigenvalue weighted by Gasteiger charge is -2.26. The average Bonchev–Trinajstić information content (AvgIpc) is 2.64. The van der Waals surface area contributed by atoms with Crippen LogP contribution in [0.3, 0.4) is 0 Å². The van der Waals surface area contributed by atoms with Gasteiger partial charge >= 0.3 is 0 Å². The van der Waals surface area contributed by atoms with Crippen LogP contribution < -0.4 is 15.5 Å². The molecule has 1 aromatic heterocycles. The van der Waals surface area contributed by atoms with Gasteiger partial charge in [0.05, 0.1) is 5.69 Å². The standard InChI is InChI=1S/C21H25FN4O3/c1-21(2,3)25-19(28)14-26(16-9-5-4-8-15(16)22)20(29)12-11-18(27)24-17-10-6-7-13-23-17/h4-10,13H,11-12,14H2,1-3H3,(H,25,28)(H,23,24,27). The second kappa shape index (κ2) is 9.77. The van der Waals surface area contributed by atoms with E-state index in [4.69, 9.17) is 0 Å². The van der Waals surface area contributed by atoms with Gasteiger partial charge in [-0.1, -0.05) is 18.2 Å². The third-order valence-corrected chi connectivity index (χ3v) is 3.76. The molecule has 8 heteroatoms. The van der Waals surface area contributed by atoms with E-state index in [2.05, 4.69) is 15.6 Å². The van der Waals surface area contributed by atoms with Crippen molar-refractivity contribution in [1.29, 1.82) is 0 Å². The molecule has 1 aromatic carbocycles. The molecule has 1 heterocycles. The zero-order valence-electron chi connectivity index (χ0n) is 16.7. The van der Waals surface area contributed by atoms with Crippen molar-refractivity contribution in [1.82, 2.24) is 10.3 Å². The Morgan fingerprint density at radius 1 is 1.00 bits per heavy atom. The van der Waals surface area contributed by atoms with Gasteiger partial charge in [0.1, 0.15) is 18.2 Å². The van der Waals surface area contributed by atoms with Crippen molar-refractivity contribution in [2.75, 3.05) is 16.8 Å². The molecule has 29 heavy (non-hydrogen) atoms. The lowest BCUT2D eigenvalue weighted by atomic mass is 10.1. The van der Waals surface area contributed by atoms with Gasteiger partial charge in [-0.3, -0.25) is 14.4 Å². The molecule has 7 nitrogen and oxygen atoms in total. The Balaban J connectivity index is 2.07. The van der Waals surface area contributed by atoms with Crippen LogP contribution in [0.2, 0.25) is 0 Å². The van der Waals surface area contributed by atoms with Gasteiger partial charge in [0.2, 0.25) is 17.7 Å². The molecule has 0 saturated heterocycles. The first-order valence-electron chi connectivity index (χ1n) is 9.22. The summed E-state index contributed by atoms with van der Waals surface area (Å²) in [5.74, 6) is -1.60. The maximum atomic E-state index is 14.3. The Morgan fingerprint density at radius 3 is 2.31 bits per heavy atom. The number of nitrogens with zero attached hydrogens (tertiary/aromatic N) is 2. The SMILES string of the molecule is CC(C)(C)NC(=O)CN(C(=O)CCC(=O)Nc1ccccn1)c1ccccc1F. The van der Waals surface area contributed by atoms with E-state index < -0.39 is 29.1 Å². The fraction of sp³-hybridized carbons (Fsp3) is 0.333. The molecule has 0 aliphatic heterocycles. The van der Waals surface area contributed by atoms with Crippen molar-refractivity contribution >= 4 is 29.2 Å². The van der Waals surface area contributed by atoms with E-state index in [9.17, 15) is 18.8 Å². The number of benzene rings is 1. The van der Waals surface area contributed by atoms with E-state index in [1.807, 2.05) is 20.8 Å². The van der Waals surface area contributed by atoms with E-state index in [-0.39, 0.29) is 25.1 Å². The van der Waals surface area contributed by atoms with Crippen LogP contribution in [0.1, 0.15) is 33.6 Å². The third kappa shape index (κ3) is 7.33. The van der Waals surface area contributed by atoms with Crippen LogP contribution in [0, 0.1) is 5.82 Å². The third-order valence-electron chi connectivity index (χ3n) is 3.76. The number of halogens is 1. The van der Waals surface area contributed by atoms with E-state index in [1.165, 1.54) is 24.4 Å². The van der Waals surface area contributed by atoms with Gasteiger partial charge in [-0.15, -0.1) is 0 Å². The minimum absolute atomic E-state index is 0.00769. The predicted octanol–water partition coefficient (Wildman–Crippen LogP) is 2.89. The fourth-order valence-corrected chi connectivity index (χ4v) is 2.58. The molecule has 154 valence electrons. The van der Waals surface area contributed by atoms with Crippen LogP contribution in [0.4, 0.5) is 15.9 Å². The summed E-state index contributed by atoms with van der Waals surface area (Å²) >= 11 is 0. The summed E-state index contributed by atoms with van der Waals surface area (Å²) in [5.41, 5.74) is -0.504. The topological polar surface area (TPSA) is 91.4 Å². The second-order valence-corrected chi connectivity index (χ2v) is 7.49. The van der Waals surface area contributed by atoms with Gasteiger partial charge in [-0.2, -0.15) is 0 Å². The van der Waals surface area contributed by atoms with Crippen LogP contribution in [-0.4, -0.2) is 34.8 Å². The first-order valence-corrected chi connectivity index (χ1v) is 9.22. The maximum Gasteiger partial charge on any atom is 0.240 e. The molecule has 0 spiro atoms. The average molecular weight is 400 g/mol. The number of para-hydroxylation sites is 1. The maximum absolute atomic E-state index is 14.3. The van der Waals surface area contributed by atoms with Crippen molar-refractivity contribution < 1.29 is 18.8 Å². The van der Waals surface area contributed by atoms with Gasteiger partial charge in [-0.05, 0) is 45.0 Å². The molecule has 0 radical (unpaired) electrons. The molecule has 3 amide bonds. The molecule has 0 unspecified atom stereocenters. The van der Waals surface area contributed by atoms with Gasteiger partial charge in [-0.25, -0.2) is 9.37 Å². The number of carbonyl (C=O) groups is 3. The normalized spacial score (nSPS) is 10.9. The van der Waals surface area contributed by atoms with Crippen molar-refractivity contribution in [3.05, 3.63) is 54.5 Å². The number of carbonyl (C=O) groups excluding carboxylic acids is 3. The van der Waals surface area contributed by atoms with Crippen molar-refractivity contribution in [3.8, 4) is 0 Å². The number of hydrogen-bond donors (Lipinski definition) is 2. The van der Waals surface area contributed by atoms with Gasteiger partial charge in [0.25, 0.3) is 0 Å². The quantitative estimate of drug-likeness (QED) is 0.748. The van der Waals surface area contributed by atoms with Crippen LogP contribution in [0.25, 0.3) is 0 Å². The lowest BCUT2D eigenvalue weighted by molar-refractivity contribution is -0.125. The van der Waals surface area contributed by atoms with Crippen molar-refractivity contribution in [2.45, 2.75) is 39.2 Å². The Labute approximate surface area is 169 Å². The molecule has 2 N–H and O–H groups in total.